The number of amidine groups is 1. The van der Waals surface area contributed by atoms with Gasteiger partial charge in [0, 0.05) is 12.0 Å². The first-order chi connectivity index (χ1) is 5.70. The molecule has 1 aliphatic rings. The summed E-state index contributed by atoms with van der Waals surface area (Å²) in [5.41, 5.74) is 5.90. The molecular formula is C10H20N2. The SMILES string of the molecule is CC(C)N=C(N)C1CCCCC1. The fourth-order valence-corrected chi connectivity index (χ4v) is 1.80. The van der Waals surface area contributed by atoms with Crippen molar-refractivity contribution in [2.24, 2.45) is 16.6 Å². The summed E-state index contributed by atoms with van der Waals surface area (Å²) in [6.45, 7) is 4.16. The van der Waals surface area contributed by atoms with Crippen LogP contribution in [0.2, 0.25) is 0 Å². The Morgan fingerprint density at radius 2 is 1.83 bits per heavy atom. The molecule has 0 bridgehead atoms. The monoisotopic (exact) mass is 168 g/mol. The average molecular weight is 168 g/mol. The Hall–Kier alpha value is -0.530. The molecule has 1 rings (SSSR count). The lowest BCUT2D eigenvalue weighted by atomic mass is 9.88. The van der Waals surface area contributed by atoms with E-state index in [1.807, 2.05) is 0 Å². The summed E-state index contributed by atoms with van der Waals surface area (Å²) < 4.78 is 0. The van der Waals surface area contributed by atoms with Crippen LogP contribution < -0.4 is 5.73 Å². The minimum absolute atomic E-state index is 0.354. The van der Waals surface area contributed by atoms with Crippen LogP contribution in [0.5, 0.6) is 0 Å². The maximum absolute atomic E-state index is 5.90. The summed E-state index contributed by atoms with van der Waals surface area (Å²) in [5.74, 6) is 1.48. The van der Waals surface area contributed by atoms with Crippen LogP contribution in [0.4, 0.5) is 0 Å². The van der Waals surface area contributed by atoms with Crippen LogP contribution in [0.3, 0.4) is 0 Å². The van der Waals surface area contributed by atoms with Gasteiger partial charge in [-0.15, -0.1) is 0 Å². The molecule has 2 N–H and O–H groups in total. The second kappa shape index (κ2) is 4.48. The Labute approximate surface area is 75.3 Å². The largest absolute Gasteiger partial charge is 0.387 e. The van der Waals surface area contributed by atoms with Gasteiger partial charge in [0.1, 0.15) is 0 Å². The Morgan fingerprint density at radius 1 is 1.25 bits per heavy atom. The quantitative estimate of drug-likeness (QED) is 0.499. The van der Waals surface area contributed by atoms with Crippen LogP contribution in [-0.4, -0.2) is 11.9 Å². The predicted octanol–water partition coefficient (Wildman–Crippen LogP) is 2.33. The standard InChI is InChI=1S/C10H20N2/c1-8(2)12-10(11)9-6-4-3-5-7-9/h8-9H,3-7H2,1-2H3,(H2,11,12). The summed E-state index contributed by atoms with van der Waals surface area (Å²) in [4.78, 5) is 4.40. The first kappa shape index (κ1) is 9.56. The van der Waals surface area contributed by atoms with E-state index in [1.165, 1.54) is 32.1 Å². The third-order valence-electron chi connectivity index (χ3n) is 2.43. The first-order valence-corrected chi connectivity index (χ1v) is 5.03. The van der Waals surface area contributed by atoms with E-state index in [0.717, 1.165) is 5.84 Å². The van der Waals surface area contributed by atoms with Crippen LogP contribution in [0.1, 0.15) is 46.0 Å². The molecule has 0 aliphatic heterocycles. The van der Waals surface area contributed by atoms with Crippen molar-refractivity contribution in [2.75, 3.05) is 0 Å². The highest BCUT2D eigenvalue weighted by atomic mass is 14.9. The summed E-state index contributed by atoms with van der Waals surface area (Å²) in [7, 11) is 0. The number of nitrogens with zero attached hydrogens (tertiary/aromatic N) is 1. The van der Waals surface area contributed by atoms with Gasteiger partial charge in [-0.25, -0.2) is 0 Å². The summed E-state index contributed by atoms with van der Waals surface area (Å²) in [6, 6.07) is 0.354. The molecule has 2 heteroatoms. The number of hydrogen-bond acceptors (Lipinski definition) is 1. The molecule has 1 aliphatic carbocycles. The van der Waals surface area contributed by atoms with E-state index < -0.39 is 0 Å². The Balaban J connectivity index is 2.44. The predicted molar refractivity (Wildman–Crippen MR) is 53.3 cm³/mol. The summed E-state index contributed by atoms with van der Waals surface area (Å²) in [6.07, 6.45) is 6.55. The molecule has 70 valence electrons. The highest BCUT2D eigenvalue weighted by Gasteiger charge is 2.16. The highest BCUT2D eigenvalue weighted by Crippen LogP contribution is 2.23. The molecule has 0 atom stereocenters. The van der Waals surface area contributed by atoms with Crippen molar-refractivity contribution in [3.63, 3.8) is 0 Å². The van der Waals surface area contributed by atoms with Crippen molar-refractivity contribution in [1.29, 1.82) is 0 Å². The second-order valence-electron chi connectivity index (χ2n) is 3.98. The van der Waals surface area contributed by atoms with Crippen LogP contribution >= 0.6 is 0 Å². The molecule has 0 heterocycles. The van der Waals surface area contributed by atoms with E-state index in [2.05, 4.69) is 18.8 Å². The molecule has 0 aromatic heterocycles. The molecule has 0 spiro atoms. The Bertz CT molecular complexity index is 155. The van der Waals surface area contributed by atoms with E-state index in [4.69, 9.17) is 5.73 Å². The Morgan fingerprint density at radius 3 is 2.33 bits per heavy atom. The van der Waals surface area contributed by atoms with Gasteiger partial charge >= 0.3 is 0 Å². The summed E-state index contributed by atoms with van der Waals surface area (Å²) in [5, 5.41) is 0. The minimum atomic E-state index is 0.354. The maximum Gasteiger partial charge on any atom is 0.0971 e. The third kappa shape index (κ3) is 2.84. The fraction of sp³-hybridized carbons (Fsp3) is 0.900. The topological polar surface area (TPSA) is 38.4 Å². The number of rotatable bonds is 2. The lowest BCUT2D eigenvalue weighted by Crippen LogP contribution is -2.26. The lowest BCUT2D eigenvalue weighted by Gasteiger charge is -2.21. The smallest absolute Gasteiger partial charge is 0.0971 e. The zero-order chi connectivity index (χ0) is 8.97. The van der Waals surface area contributed by atoms with Crippen molar-refractivity contribution >= 4 is 5.84 Å². The molecule has 1 fully saturated rings. The van der Waals surface area contributed by atoms with Gasteiger partial charge < -0.3 is 5.73 Å². The van der Waals surface area contributed by atoms with Gasteiger partial charge in [-0.2, -0.15) is 0 Å². The van der Waals surface area contributed by atoms with Gasteiger partial charge in [-0.05, 0) is 26.7 Å². The second-order valence-corrected chi connectivity index (χ2v) is 3.98. The lowest BCUT2D eigenvalue weighted by molar-refractivity contribution is 0.435. The molecule has 0 aromatic rings. The molecule has 12 heavy (non-hydrogen) atoms. The normalized spacial score (nSPS) is 21.8. The number of aliphatic imine (C=N–C) groups is 1. The van der Waals surface area contributed by atoms with Gasteiger partial charge in [0.2, 0.25) is 0 Å². The van der Waals surface area contributed by atoms with Gasteiger partial charge in [0.25, 0.3) is 0 Å². The average Bonchev–Trinajstić information content (AvgIpc) is 2.05. The molecular weight excluding hydrogens is 148 g/mol. The zero-order valence-electron chi connectivity index (χ0n) is 8.21. The van der Waals surface area contributed by atoms with Crippen molar-refractivity contribution in [1.82, 2.24) is 0 Å². The Kier molecular flexibility index (Phi) is 3.57. The van der Waals surface area contributed by atoms with Crippen LogP contribution in [0, 0.1) is 5.92 Å². The molecule has 0 amide bonds. The number of hydrogen-bond donors (Lipinski definition) is 1. The summed E-state index contributed by atoms with van der Waals surface area (Å²) >= 11 is 0. The van der Waals surface area contributed by atoms with Gasteiger partial charge in [-0.3, -0.25) is 4.99 Å². The number of nitrogens with two attached hydrogens (primary N) is 1. The van der Waals surface area contributed by atoms with Gasteiger partial charge in [-0.1, -0.05) is 19.3 Å². The van der Waals surface area contributed by atoms with Crippen LogP contribution in [0.15, 0.2) is 4.99 Å². The molecule has 1 saturated carbocycles. The highest BCUT2D eigenvalue weighted by molar-refractivity contribution is 5.83. The fourth-order valence-electron chi connectivity index (χ4n) is 1.80. The molecule has 0 aromatic carbocycles. The van der Waals surface area contributed by atoms with E-state index in [0.29, 0.717) is 12.0 Å². The molecule has 0 saturated heterocycles. The van der Waals surface area contributed by atoms with Crippen LogP contribution in [-0.2, 0) is 0 Å². The van der Waals surface area contributed by atoms with Crippen LogP contribution in [0.25, 0.3) is 0 Å². The molecule has 0 unspecified atom stereocenters. The van der Waals surface area contributed by atoms with Crippen molar-refractivity contribution in [3.05, 3.63) is 0 Å². The van der Waals surface area contributed by atoms with Gasteiger partial charge in [0.15, 0.2) is 0 Å². The van der Waals surface area contributed by atoms with Crippen molar-refractivity contribution in [2.45, 2.75) is 52.0 Å². The third-order valence-corrected chi connectivity index (χ3v) is 2.43. The molecule has 0 radical (unpaired) electrons. The maximum atomic E-state index is 5.90. The van der Waals surface area contributed by atoms with E-state index >= 15 is 0 Å². The molecule has 2 nitrogen and oxygen atoms in total. The van der Waals surface area contributed by atoms with Crippen molar-refractivity contribution < 1.29 is 0 Å². The van der Waals surface area contributed by atoms with Gasteiger partial charge in [0.05, 0.1) is 5.84 Å². The first-order valence-electron chi connectivity index (χ1n) is 5.03. The van der Waals surface area contributed by atoms with E-state index in [9.17, 15) is 0 Å². The van der Waals surface area contributed by atoms with Crippen molar-refractivity contribution in [3.8, 4) is 0 Å². The minimum Gasteiger partial charge on any atom is -0.387 e. The zero-order valence-corrected chi connectivity index (χ0v) is 8.21. The van der Waals surface area contributed by atoms with E-state index in [1.54, 1.807) is 0 Å². The van der Waals surface area contributed by atoms with E-state index in [-0.39, 0.29) is 0 Å².